The number of ether oxygens (including phenoxy) is 2. The van der Waals surface area contributed by atoms with Crippen molar-refractivity contribution in [1.82, 2.24) is 19.9 Å². The number of hydrogen-bond donors (Lipinski definition) is 0. The van der Waals surface area contributed by atoms with Crippen LogP contribution >= 0.6 is 0 Å². The van der Waals surface area contributed by atoms with Crippen LogP contribution in [-0.4, -0.2) is 25.9 Å². The zero-order chi connectivity index (χ0) is 21.9. The fourth-order valence-corrected chi connectivity index (χ4v) is 3.67. The number of carbonyl (C=O) groups excluding carboxylic acids is 1. The number of hydrogen-bond acceptors (Lipinski definition) is 7. The molecule has 4 aromatic rings. The first-order valence-corrected chi connectivity index (χ1v) is 10.2. The molecule has 1 aliphatic rings. The van der Waals surface area contributed by atoms with Gasteiger partial charge in [0, 0.05) is 11.3 Å². The van der Waals surface area contributed by atoms with Crippen LogP contribution < -0.4 is 4.74 Å². The van der Waals surface area contributed by atoms with Gasteiger partial charge in [-0.2, -0.15) is 10.1 Å². The second-order valence-corrected chi connectivity index (χ2v) is 7.30. The van der Waals surface area contributed by atoms with E-state index < -0.39 is 5.97 Å². The van der Waals surface area contributed by atoms with E-state index in [1.165, 1.54) is 24.3 Å². The minimum Gasteiger partial charge on any atom is -0.485 e. The van der Waals surface area contributed by atoms with Gasteiger partial charge in [-0.1, -0.05) is 23.4 Å². The second kappa shape index (κ2) is 8.62. The Balaban J connectivity index is 1.23. The van der Waals surface area contributed by atoms with Crippen molar-refractivity contribution in [2.24, 2.45) is 0 Å². The predicted octanol–water partition coefficient (Wildman–Crippen LogP) is 3.82. The first kappa shape index (κ1) is 19.9. The smallest absolute Gasteiger partial charge is 0.359 e. The van der Waals surface area contributed by atoms with Crippen LogP contribution in [0.4, 0.5) is 4.39 Å². The standard InChI is InChI=1S/C23H19FN4O4/c24-15-9-11-17(12-10-15)30-13-20-25-21(32-27-20)14-31-23(29)22-18-7-4-8-19(18)28(26-22)16-5-2-1-3-6-16/h1-3,5-6,9-12H,4,7-8,13-14H2. The Hall–Kier alpha value is -4.01. The van der Waals surface area contributed by atoms with Gasteiger partial charge in [-0.15, -0.1) is 0 Å². The SMILES string of the molecule is O=C(OCc1nc(COc2ccc(F)cc2)no1)c1nn(-c2ccccc2)c2c1CCC2. The van der Waals surface area contributed by atoms with Crippen LogP contribution in [0.1, 0.15) is 39.9 Å². The number of benzene rings is 2. The topological polar surface area (TPSA) is 92.3 Å². The maximum atomic E-state index is 12.9. The number of rotatable bonds is 7. The molecule has 9 heteroatoms. The van der Waals surface area contributed by atoms with Crippen LogP contribution in [-0.2, 0) is 30.8 Å². The summed E-state index contributed by atoms with van der Waals surface area (Å²) in [5, 5.41) is 8.32. The first-order valence-electron chi connectivity index (χ1n) is 10.2. The van der Waals surface area contributed by atoms with Crippen molar-refractivity contribution in [2.75, 3.05) is 0 Å². The number of fused-ring (bicyclic) bond motifs is 1. The van der Waals surface area contributed by atoms with Gasteiger partial charge in [-0.25, -0.2) is 13.9 Å². The molecule has 0 unspecified atom stereocenters. The lowest BCUT2D eigenvalue weighted by Crippen LogP contribution is -2.09. The Labute approximate surface area is 182 Å². The lowest BCUT2D eigenvalue weighted by molar-refractivity contribution is 0.0421. The zero-order valence-corrected chi connectivity index (χ0v) is 17.0. The molecule has 2 heterocycles. The van der Waals surface area contributed by atoms with E-state index in [0.29, 0.717) is 11.4 Å². The summed E-state index contributed by atoms with van der Waals surface area (Å²) in [5.74, 6) is 0.0391. The third-order valence-corrected chi connectivity index (χ3v) is 5.14. The predicted molar refractivity (Wildman–Crippen MR) is 110 cm³/mol. The molecule has 1 aliphatic carbocycles. The maximum Gasteiger partial charge on any atom is 0.359 e. The van der Waals surface area contributed by atoms with E-state index in [-0.39, 0.29) is 30.7 Å². The molecular formula is C23H19FN4O4. The van der Waals surface area contributed by atoms with E-state index in [1.807, 2.05) is 35.0 Å². The molecule has 8 nitrogen and oxygen atoms in total. The number of carbonyl (C=O) groups is 1. The number of halogens is 1. The highest BCUT2D eigenvalue weighted by Gasteiger charge is 2.28. The van der Waals surface area contributed by atoms with Crippen LogP contribution in [0.2, 0.25) is 0 Å². The van der Waals surface area contributed by atoms with E-state index in [1.54, 1.807) is 0 Å². The van der Waals surface area contributed by atoms with Gasteiger partial charge < -0.3 is 14.0 Å². The van der Waals surface area contributed by atoms with Crippen molar-refractivity contribution in [1.29, 1.82) is 0 Å². The van der Waals surface area contributed by atoms with Gasteiger partial charge in [0.1, 0.15) is 11.6 Å². The fraction of sp³-hybridized carbons (Fsp3) is 0.217. The summed E-state index contributed by atoms with van der Waals surface area (Å²) in [6.45, 7) is -0.132. The number of esters is 1. The number of aromatic nitrogens is 4. The Morgan fingerprint density at radius 2 is 1.88 bits per heavy atom. The third kappa shape index (κ3) is 4.09. The number of para-hydroxylation sites is 1. The van der Waals surface area contributed by atoms with E-state index in [9.17, 15) is 9.18 Å². The summed E-state index contributed by atoms with van der Waals surface area (Å²) >= 11 is 0. The average Bonchev–Trinajstić information content (AvgIpc) is 3.55. The van der Waals surface area contributed by atoms with Crippen LogP contribution in [0.25, 0.3) is 5.69 Å². The molecule has 162 valence electrons. The molecule has 0 spiro atoms. The van der Waals surface area contributed by atoms with Crippen LogP contribution in [0.5, 0.6) is 5.75 Å². The molecule has 0 saturated carbocycles. The van der Waals surface area contributed by atoms with Gasteiger partial charge in [0.25, 0.3) is 5.89 Å². The molecule has 0 radical (unpaired) electrons. The van der Waals surface area contributed by atoms with E-state index in [4.69, 9.17) is 14.0 Å². The minimum absolute atomic E-state index is 0.0398. The lowest BCUT2D eigenvalue weighted by atomic mass is 10.2. The number of nitrogens with zero attached hydrogens (tertiary/aromatic N) is 4. The third-order valence-electron chi connectivity index (χ3n) is 5.14. The Morgan fingerprint density at radius 3 is 2.69 bits per heavy atom. The average molecular weight is 434 g/mol. The molecule has 0 bridgehead atoms. The largest absolute Gasteiger partial charge is 0.485 e. The highest BCUT2D eigenvalue weighted by atomic mass is 19.1. The van der Waals surface area contributed by atoms with Gasteiger partial charge in [0.05, 0.1) is 5.69 Å². The van der Waals surface area contributed by atoms with Crippen molar-refractivity contribution < 1.29 is 23.2 Å². The van der Waals surface area contributed by atoms with E-state index in [0.717, 1.165) is 36.2 Å². The second-order valence-electron chi connectivity index (χ2n) is 7.30. The summed E-state index contributed by atoms with van der Waals surface area (Å²) < 4.78 is 30.7. The highest BCUT2D eigenvalue weighted by molar-refractivity contribution is 5.89. The fourth-order valence-electron chi connectivity index (χ4n) is 3.67. The summed E-state index contributed by atoms with van der Waals surface area (Å²) in [6.07, 6.45) is 2.63. The normalized spacial score (nSPS) is 12.5. The van der Waals surface area contributed by atoms with Gasteiger partial charge in [0.2, 0.25) is 5.82 Å². The highest BCUT2D eigenvalue weighted by Crippen LogP contribution is 2.28. The Kier molecular flexibility index (Phi) is 5.37. The van der Waals surface area contributed by atoms with Crippen molar-refractivity contribution in [3.05, 3.63) is 89.1 Å². The monoisotopic (exact) mass is 434 g/mol. The van der Waals surface area contributed by atoms with Gasteiger partial charge >= 0.3 is 5.97 Å². The quantitative estimate of drug-likeness (QED) is 0.408. The Bertz CT molecular complexity index is 1230. The van der Waals surface area contributed by atoms with Gasteiger partial charge in [-0.3, -0.25) is 0 Å². The minimum atomic E-state index is -0.528. The Morgan fingerprint density at radius 1 is 1.06 bits per heavy atom. The van der Waals surface area contributed by atoms with E-state index >= 15 is 0 Å². The summed E-state index contributed by atoms with van der Waals surface area (Å²) in [4.78, 5) is 16.9. The van der Waals surface area contributed by atoms with E-state index in [2.05, 4.69) is 15.2 Å². The molecule has 0 fully saturated rings. The van der Waals surface area contributed by atoms with Crippen molar-refractivity contribution in [3.63, 3.8) is 0 Å². The molecule has 2 aromatic heterocycles. The summed E-state index contributed by atoms with van der Waals surface area (Å²) in [6, 6.07) is 15.3. The molecule has 2 aromatic carbocycles. The van der Waals surface area contributed by atoms with Crippen LogP contribution in [0, 0.1) is 5.82 Å². The molecule has 0 saturated heterocycles. The summed E-state index contributed by atoms with van der Waals surface area (Å²) in [7, 11) is 0. The molecular weight excluding hydrogens is 415 g/mol. The van der Waals surface area contributed by atoms with Crippen LogP contribution in [0.15, 0.2) is 59.1 Å². The molecule has 0 aliphatic heterocycles. The van der Waals surface area contributed by atoms with Crippen molar-refractivity contribution >= 4 is 5.97 Å². The molecule has 0 atom stereocenters. The van der Waals surface area contributed by atoms with Gasteiger partial charge in [-0.05, 0) is 55.7 Å². The van der Waals surface area contributed by atoms with Gasteiger partial charge in [0.15, 0.2) is 18.9 Å². The zero-order valence-electron chi connectivity index (χ0n) is 17.0. The molecule has 32 heavy (non-hydrogen) atoms. The van der Waals surface area contributed by atoms with Crippen molar-refractivity contribution in [2.45, 2.75) is 32.5 Å². The molecule has 0 N–H and O–H groups in total. The lowest BCUT2D eigenvalue weighted by Gasteiger charge is -2.04. The maximum absolute atomic E-state index is 12.9. The van der Waals surface area contributed by atoms with Crippen molar-refractivity contribution in [3.8, 4) is 11.4 Å². The van der Waals surface area contributed by atoms with Crippen LogP contribution in [0.3, 0.4) is 0 Å². The first-order chi connectivity index (χ1) is 15.7. The summed E-state index contributed by atoms with van der Waals surface area (Å²) in [5.41, 5.74) is 3.20. The molecule has 0 amide bonds. The molecule has 5 rings (SSSR count).